The Morgan fingerprint density at radius 2 is 1.93 bits per heavy atom. The number of halogens is 2. The lowest BCUT2D eigenvalue weighted by molar-refractivity contribution is -0.132. The molecule has 0 radical (unpaired) electrons. The van der Waals surface area contributed by atoms with Crippen molar-refractivity contribution in [2.24, 2.45) is 0 Å². The SMILES string of the molecule is Cc1ccccc1OC[C@H](O)CN1C(=O)N[C@@](C)(c2cc(F)ccc2F)C1=O. The second-order valence-electron chi connectivity index (χ2n) is 6.83. The lowest BCUT2D eigenvalue weighted by Gasteiger charge is -2.23. The van der Waals surface area contributed by atoms with Gasteiger partial charge in [0.2, 0.25) is 0 Å². The smallest absolute Gasteiger partial charge is 0.325 e. The van der Waals surface area contributed by atoms with Crippen molar-refractivity contribution < 1.29 is 28.2 Å². The average Bonchev–Trinajstić information content (AvgIpc) is 2.87. The maximum atomic E-state index is 14.1. The molecule has 148 valence electrons. The second kappa shape index (κ2) is 7.55. The van der Waals surface area contributed by atoms with Gasteiger partial charge in [-0.05, 0) is 43.7 Å². The van der Waals surface area contributed by atoms with Gasteiger partial charge in [-0.1, -0.05) is 18.2 Å². The van der Waals surface area contributed by atoms with Gasteiger partial charge in [-0.2, -0.15) is 0 Å². The Kier molecular flexibility index (Phi) is 5.33. The molecule has 1 fully saturated rings. The molecule has 1 aliphatic rings. The van der Waals surface area contributed by atoms with Gasteiger partial charge >= 0.3 is 6.03 Å². The number of aryl methyl sites for hydroxylation is 1. The maximum Gasteiger partial charge on any atom is 0.325 e. The Bertz CT molecular complexity index is 921. The summed E-state index contributed by atoms with van der Waals surface area (Å²) >= 11 is 0. The van der Waals surface area contributed by atoms with E-state index in [-0.39, 0.29) is 18.7 Å². The summed E-state index contributed by atoms with van der Waals surface area (Å²) in [6.07, 6.45) is -1.16. The van der Waals surface area contributed by atoms with Crippen LogP contribution in [0.2, 0.25) is 0 Å². The van der Waals surface area contributed by atoms with Gasteiger partial charge in [-0.3, -0.25) is 9.69 Å². The molecule has 1 aliphatic heterocycles. The van der Waals surface area contributed by atoms with E-state index in [9.17, 15) is 23.5 Å². The fraction of sp³-hybridized carbons (Fsp3) is 0.300. The van der Waals surface area contributed by atoms with Crippen molar-refractivity contribution in [3.8, 4) is 5.75 Å². The fourth-order valence-corrected chi connectivity index (χ4v) is 3.09. The Morgan fingerprint density at radius 3 is 2.64 bits per heavy atom. The minimum atomic E-state index is -1.76. The number of benzene rings is 2. The van der Waals surface area contributed by atoms with E-state index < -0.39 is 35.2 Å². The molecule has 3 amide bonds. The molecule has 0 aliphatic carbocycles. The monoisotopic (exact) mass is 390 g/mol. The van der Waals surface area contributed by atoms with Gasteiger partial charge < -0.3 is 15.2 Å². The summed E-state index contributed by atoms with van der Waals surface area (Å²) in [5, 5.41) is 12.6. The lowest BCUT2D eigenvalue weighted by Crippen LogP contribution is -2.43. The third-order valence-electron chi connectivity index (χ3n) is 4.66. The van der Waals surface area contributed by atoms with Crippen molar-refractivity contribution in [1.82, 2.24) is 10.2 Å². The molecule has 0 bridgehead atoms. The van der Waals surface area contributed by atoms with E-state index in [4.69, 9.17) is 4.74 Å². The Balaban J connectivity index is 1.71. The highest BCUT2D eigenvalue weighted by Crippen LogP contribution is 2.31. The summed E-state index contributed by atoms with van der Waals surface area (Å²) in [5.74, 6) is -1.75. The van der Waals surface area contributed by atoms with Crippen LogP contribution in [0, 0.1) is 18.6 Å². The molecule has 2 N–H and O–H groups in total. The summed E-state index contributed by atoms with van der Waals surface area (Å²) in [5.41, 5.74) is -1.17. The minimum absolute atomic E-state index is 0.146. The molecule has 2 atom stereocenters. The van der Waals surface area contributed by atoms with E-state index in [1.165, 1.54) is 6.92 Å². The Labute approximate surface area is 160 Å². The zero-order valence-corrected chi connectivity index (χ0v) is 15.4. The molecule has 0 unspecified atom stereocenters. The van der Waals surface area contributed by atoms with Crippen LogP contribution in [0.4, 0.5) is 13.6 Å². The number of nitrogens with zero attached hydrogens (tertiary/aromatic N) is 1. The summed E-state index contributed by atoms with van der Waals surface area (Å²) < 4.78 is 33.2. The number of para-hydroxylation sites is 1. The second-order valence-corrected chi connectivity index (χ2v) is 6.83. The number of amides is 3. The molecule has 1 heterocycles. The zero-order chi connectivity index (χ0) is 20.5. The van der Waals surface area contributed by atoms with Crippen molar-refractivity contribution in [3.05, 3.63) is 65.2 Å². The van der Waals surface area contributed by atoms with E-state index in [1.54, 1.807) is 12.1 Å². The lowest BCUT2D eigenvalue weighted by atomic mass is 9.91. The van der Waals surface area contributed by atoms with Gasteiger partial charge in [-0.25, -0.2) is 13.6 Å². The predicted molar refractivity (Wildman–Crippen MR) is 96.6 cm³/mol. The van der Waals surface area contributed by atoms with E-state index >= 15 is 0 Å². The number of nitrogens with one attached hydrogen (secondary N) is 1. The fourth-order valence-electron chi connectivity index (χ4n) is 3.09. The number of aliphatic hydroxyl groups excluding tert-OH is 1. The molecule has 6 nitrogen and oxygen atoms in total. The largest absolute Gasteiger partial charge is 0.491 e. The molecule has 1 saturated heterocycles. The van der Waals surface area contributed by atoms with Crippen molar-refractivity contribution in [3.63, 3.8) is 0 Å². The molecule has 2 aromatic carbocycles. The number of ether oxygens (including phenoxy) is 1. The number of carbonyl (C=O) groups is 2. The van der Waals surface area contributed by atoms with Gasteiger partial charge in [-0.15, -0.1) is 0 Å². The third-order valence-corrected chi connectivity index (χ3v) is 4.66. The zero-order valence-electron chi connectivity index (χ0n) is 15.4. The molecule has 28 heavy (non-hydrogen) atoms. The molecule has 0 spiro atoms. The molecule has 2 aromatic rings. The maximum absolute atomic E-state index is 14.1. The van der Waals surface area contributed by atoms with Crippen LogP contribution in [0.15, 0.2) is 42.5 Å². The Hall–Kier alpha value is -3.00. The number of β-amino-alcohol motifs (C(OH)–C–C–N with tert-alkyl or cyclic N) is 1. The average molecular weight is 390 g/mol. The summed E-state index contributed by atoms with van der Waals surface area (Å²) in [7, 11) is 0. The van der Waals surface area contributed by atoms with Crippen LogP contribution in [0.3, 0.4) is 0 Å². The standard InChI is InChI=1S/C20H20F2N2O4/c1-12-5-3-4-6-17(12)28-11-14(25)10-24-18(26)20(2,23-19(24)27)15-9-13(21)7-8-16(15)22/h3-9,14,25H,10-11H2,1-2H3,(H,23,27)/t14-,20+/m1/s1. The van der Waals surface area contributed by atoms with E-state index in [0.29, 0.717) is 5.75 Å². The quantitative estimate of drug-likeness (QED) is 0.743. The van der Waals surface area contributed by atoms with E-state index in [2.05, 4.69) is 5.32 Å². The van der Waals surface area contributed by atoms with Crippen molar-refractivity contribution in [2.45, 2.75) is 25.5 Å². The van der Waals surface area contributed by atoms with Crippen molar-refractivity contribution >= 4 is 11.9 Å². The molecule has 0 aromatic heterocycles. The number of hydrogen-bond donors (Lipinski definition) is 2. The number of urea groups is 1. The van der Waals surface area contributed by atoms with Crippen LogP contribution in [0.1, 0.15) is 18.1 Å². The highest BCUT2D eigenvalue weighted by Gasteiger charge is 2.50. The van der Waals surface area contributed by atoms with Crippen LogP contribution in [0.25, 0.3) is 0 Å². The summed E-state index contributed by atoms with van der Waals surface area (Å²) in [6, 6.07) is 9.10. The first-order chi connectivity index (χ1) is 13.2. The third kappa shape index (κ3) is 3.68. The van der Waals surface area contributed by atoms with Gasteiger partial charge in [0.1, 0.15) is 35.6 Å². The van der Waals surface area contributed by atoms with Crippen LogP contribution >= 0.6 is 0 Å². The predicted octanol–water partition coefficient (Wildman–Crippen LogP) is 2.48. The number of hydrogen-bond acceptors (Lipinski definition) is 4. The molecular formula is C20H20F2N2O4. The molecule has 0 saturated carbocycles. The van der Waals surface area contributed by atoms with Gasteiger partial charge in [0, 0.05) is 5.56 Å². The summed E-state index contributed by atoms with van der Waals surface area (Å²) in [4.78, 5) is 25.8. The van der Waals surface area contributed by atoms with Crippen LogP contribution in [-0.2, 0) is 10.3 Å². The first-order valence-corrected chi connectivity index (χ1v) is 8.68. The summed E-state index contributed by atoms with van der Waals surface area (Å²) in [6.45, 7) is 2.65. The number of imide groups is 1. The van der Waals surface area contributed by atoms with Crippen molar-refractivity contribution in [1.29, 1.82) is 0 Å². The number of carbonyl (C=O) groups excluding carboxylic acids is 2. The van der Waals surface area contributed by atoms with Crippen LogP contribution in [-0.4, -0.2) is 41.2 Å². The normalized spacial score (nSPS) is 20.2. The van der Waals surface area contributed by atoms with Gasteiger partial charge in [0.05, 0.1) is 6.54 Å². The first kappa shape index (κ1) is 19.8. The topological polar surface area (TPSA) is 78.9 Å². The van der Waals surface area contributed by atoms with Gasteiger partial charge in [0.25, 0.3) is 5.91 Å². The van der Waals surface area contributed by atoms with Gasteiger partial charge in [0.15, 0.2) is 0 Å². The van der Waals surface area contributed by atoms with E-state index in [0.717, 1.165) is 28.7 Å². The Morgan fingerprint density at radius 1 is 1.21 bits per heavy atom. The number of rotatable bonds is 6. The molecular weight excluding hydrogens is 370 g/mol. The van der Waals surface area contributed by atoms with Crippen LogP contribution < -0.4 is 10.1 Å². The molecule has 3 rings (SSSR count). The van der Waals surface area contributed by atoms with Crippen molar-refractivity contribution in [2.75, 3.05) is 13.2 Å². The van der Waals surface area contributed by atoms with E-state index in [1.807, 2.05) is 19.1 Å². The molecule has 8 heteroatoms. The van der Waals surface area contributed by atoms with Crippen LogP contribution in [0.5, 0.6) is 5.75 Å². The number of aliphatic hydroxyl groups is 1. The highest BCUT2D eigenvalue weighted by atomic mass is 19.1. The highest BCUT2D eigenvalue weighted by molar-refractivity contribution is 6.07. The first-order valence-electron chi connectivity index (χ1n) is 8.68. The minimum Gasteiger partial charge on any atom is -0.491 e.